The highest BCUT2D eigenvalue weighted by Crippen LogP contribution is 2.29. The summed E-state index contributed by atoms with van der Waals surface area (Å²) >= 11 is 0. The number of fused-ring (bicyclic) bond motifs is 1. The molecule has 0 radical (unpaired) electrons. The van der Waals surface area contributed by atoms with Crippen LogP contribution in [0.15, 0.2) is 42.5 Å². The van der Waals surface area contributed by atoms with E-state index >= 15 is 0 Å². The summed E-state index contributed by atoms with van der Waals surface area (Å²) < 4.78 is 14.0. The van der Waals surface area contributed by atoms with E-state index in [-0.39, 0.29) is 11.5 Å². The molecule has 0 aliphatic carbocycles. The molecule has 1 amide bonds. The fourth-order valence-corrected chi connectivity index (χ4v) is 2.78. The van der Waals surface area contributed by atoms with Crippen LogP contribution in [0.25, 0.3) is 0 Å². The van der Waals surface area contributed by atoms with E-state index in [9.17, 15) is 9.18 Å². The first kappa shape index (κ1) is 12.9. The lowest BCUT2D eigenvalue weighted by Crippen LogP contribution is -2.36. The lowest BCUT2D eigenvalue weighted by molar-refractivity contribution is 0.0980. The maximum absolute atomic E-state index is 14.0. The molecule has 0 aromatic heterocycles. The van der Waals surface area contributed by atoms with Crippen LogP contribution >= 0.6 is 0 Å². The zero-order valence-corrected chi connectivity index (χ0v) is 11.4. The Kier molecular flexibility index (Phi) is 3.26. The van der Waals surface area contributed by atoms with Crippen LogP contribution in [0.2, 0.25) is 0 Å². The van der Waals surface area contributed by atoms with Crippen molar-refractivity contribution in [1.29, 1.82) is 0 Å². The molecule has 0 saturated carbocycles. The Morgan fingerprint density at radius 1 is 1.15 bits per heavy atom. The van der Waals surface area contributed by atoms with E-state index in [1.807, 2.05) is 24.3 Å². The minimum atomic E-state index is -0.446. The summed E-state index contributed by atoms with van der Waals surface area (Å²) in [6.45, 7) is 2.41. The quantitative estimate of drug-likeness (QED) is 0.772. The number of halogens is 1. The van der Waals surface area contributed by atoms with Crippen LogP contribution < -0.4 is 4.90 Å². The van der Waals surface area contributed by atoms with Crippen molar-refractivity contribution >= 4 is 11.6 Å². The molecule has 102 valence electrons. The van der Waals surface area contributed by atoms with Crippen molar-refractivity contribution < 1.29 is 9.18 Å². The second-order valence-electron chi connectivity index (χ2n) is 5.12. The Morgan fingerprint density at radius 2 is 1.95 bits per heavy atom. The zero-order valence-electron chi connectivity index (χ0n) is 11.4. The maximum atomic E-state index is 14.0. The molecule has 0 N–H and O–H groups in total. The number of benzene rings is 2. The van der Waals surface area contributed by atoms with Crippen molar-refractivity contribution in [3.8, 4) is 0 Å². The first-order valence-electron chi connectivity index (χ1n) is 6.83. The summed E-state index contributed by atoms with van der Waals surface area (Å²) in [7, 11) is 0. The van der Waals surface area contributed by atoms with Gasteiger partial charge >= 0.3 is 0 Å². The molecule has 2 nitrogen and oxygen atoms in total. The molecule has 0 atom stereocenters. The molecule has 0 unspecified atom stereocenters. The minimum absolute atomic E-state index is 0.184. The van der Waals surface area contributed by atoms with Gasteiger partial charge in [-0.25, -0.2) is 4.39 Å². The minimum Gasteiger partial charge on any atom is -0.308 e. The van der Waals surface area contributed by atoms with Gasteiger partial charge in [0.2, 0.25) is 0 Å². The van der Waals surface area contributed by atoms with E-state index in [0.29, 0.717) is 12.1 Å². The lowest BCUT2D eigenvalue weighted by Gasteiger charge is -2.30. The molecule has 1 heterocycles. The molecular formula is C17H16FNO. The van der Waals surface area contributed by atoms with Crippen molar-refractivity contribution in [3.05, 3.63) is 65.0 Å². The normalized spacial score (nSPS) is 14.0. The van der Waals surface area contributed by atoms with Crippen LogP contribution in [0.1, 0.15) is 27.9 Å². The van der Waals surface area contributed by atoms with Crippen LogP contribution in [0, 0.1) is 12.7 Å². The number of amides is 1. The van der Waals surface area contributed by atoms with Crippen LogP contribution in [-0.4, -0.2) is 12.5 Å². The van der Waals surface area contributed by atoms with E-state index in [1.54, 1.807) is 24.0 Å². The second kappa shape index (κ2) is 5.08. The van der Waals surface area contributed by atoms with E-state index < -0.39 is 5.82 Å². The van der Waals surface area contributed by atoms with Gasteiger partial charge in [0.15, 0.2) is 0 Å². The highest BCUT2D eigenvalue weighted by atomic mass is 19.1. The highest BCUT2D eigenvalue weighted by Gasteiger charge is 2.26. The zero-order chi connectivity index (χ0) is 14.1. The molecule has 3 heteroatoms. The molecule has 2 aromatic carbocycles. The fourth-order valence-electron chi connectivity index (χ4n) is 2.78. The summed E-state index contributed by atoms with van der Waals surface area (Å²) in [4.78, 5) is 14.4. The number of rotatable bonds is 1. The topological polar surface area (TPSA) is 20.3 Å². The molecular weight excluding hydrogens is 253 g/mol. The summed E-state index contributed by atoms with van der Waals surface area (Å²) in [6.07, 6.45) is 1.88. The summed E-state index contributed by atoms with van der Waals surface area (Å²) in [5.74, 6) is -0.689. The number of nitrogens with zero attached hydrogens (tertiary/aromatic N) is 1. The predicted octanol–water partition coefficient (Wildman–Crippen LogP) is 3.73. The molecule has 1 aliphatic rings. The second-order valence-corrected chi connectivity index (χ2v) is 5.12. The third-order valence-corrected chi connectivity index (χ3v) is 3.79. The van der Waals surface area contributed by atoms with Gasteiger partial charge in [-0.15, -0.1) is 0 Å². The lowest BCUT2D eigenvalue weighted by atomic mass is 9.99. The number of aryl methyl sites for hydroxylation is 2. The number of hydrogen-bond donors (Lipinski definition) is 0. The molecule has 0 bridgehead atoms. The Bertz CT molecular complexity index is 646. The fraction of sp³-hybridized carbons (Fsp3) is 0.235. The van der Waals surface area contributed by atoms with Crippen LogP contribution in [0.4, 0.5) is 10.1 Å². The Morgan fingerprint density at radius 3 is 2.75 bits per heavy atom. The summed E-state index contributed by atoms with van der Waals surface area (Å²) in [6, 6.07) is 12.6. The monoisotopic (exact) mass is 269 g/mol. The smallest absolute Gasteiger partial charge is 0.261 e. The molecule has 0 fully saturated rings. The van der Waals surface area contributed by atoms with Crippen LogP contribution in [-0.2, 0) is 6.42 Å². The number of para-hydroxylation sites is 1. The Labute approximate surface area is 117 Å². The Balaban J connectivity index is 2.05. The van der Waals surface area contributed by atoms with Gasteiger partial charge in [0.05, 0.1) is 5.56 Å². The number of anilines is 1. The van der Waals surface area contributed by atoms with E-state index in [2.05, 4.69) is 0 Å². The molecule has 3 rings (SSSR count). The molecule has 1 aliphatic heterocycles. The van der Waals surface area contributed by atoms with Gasteiger partial charge in [-0.1, -0.05) is 30.3 Å². The van der Waals surface area contributed by atoms with Crippen molar-refractivity contribution in [1.82, 2.24) is 0 Å². The average Bonchev–Trinajstić information content (AvgIpc) is 2.46. The van der Waals surface area contributed by atoms with Gasteiger partial charge in [0.1, 0.15) is 5.82 Å². The van der Waals surface area contributed by atoms with Gasteiger partial charge in [-0.05, 0) is 43.0 Å². The summed E-state index contributed by atoms with van der Waals surface area (Å²) in [5, 5.41) is 0. The van der Waals surface area contributed by atoms with Crippen LogP contribution in [0.3, 0.4) is 0 Å². The van der Waals surface area contributed by atoms with E-state index in [1.165, 1.54) is 6.07 Å². The van der Waals surface area contributed by atoms with E-state index in [4.69, 9.17) is 0 Å². The number of hydrogen-bond acceptors (Lipinski definition) is 1. The third kappa shape index (κ3) is 2.09. The van der Waals surface area contributed by atoms with Gasteiger partial charge in [0, 0.05) is 12.2 Å². The highest BCUT2D eigenvalue weighted by molar-refractivity contribution is 6.07. The third-order valence-electron chi connectivity index (χ3n) is 3.79. The summed E-state index contributed by atoms with van der Waals surface area (Å²) in [5.41, 5.74) is 2.93. The first-order valence-corrected chi connectivity index (χ1v) is 6.83. The Hall–Kier alpha value is -2.16. The SMILES string of the molecule is Cc1cccc(F)c1C(=O)N1CCCc2ccccc21. The number of carbonyl (C=O) groups excluding carboxylic acids is 1. The van der Waals surface area contributed by atoms with Crippen LogP contribution in [0.5, 0.6) is 0 Å². The molecule has 2 aromatic rings. The average molecular weight is 269 g/mol. The molecule has 20 heavy (non-hydrogen) atoms. The molecule has 0 saturated heterocycles. The van der Waals surface area contributed by atoms with Gasteiger partial charge in [-0.2, -0.15) is 0 Å². The van der Waals surface area contributed by atoms with Gasteiger partial charge in [-0.3, -0.25) is 4.79 Å². The maximum Gasteiger partial charge on any atom is 0.261 e. The standard InChI is InChI=1S/C17H16FNO/c1-12-6-4-9-14(18)16(12)17(20)19-11-5-8-13-7-2-3-10-15(13)19/h2-4,6-7,9-10H,5,8,11H2,1H3. The van der Waals surface area contributed by atoms with Gasteiger partial charge in [0.25, 0.3) is 5.91 Å². The van der Waals surface area contributed by atoms with Crippen molar-refractivity contribution in [2.45, 2.75) is 19.8 Å². The van der Waals surface area contributed by atoms with Crippen molar-refractivity contribution in [3.63, 3.8) is 0 Å². The first-order chi connectivity index (χ1) is 9.68. The van der Waals surface area contributed by atoms with E-state index in [0.717, 1.165) is 24.1 Å². The number of carbonyl (C=O) groups is 1. The van der Waals surface area contributed by atoms with Gasteiger partial charge < -0.3 is 4.90 Å². The molecule has 0 spiro atoms. The predicted molar refractivity (Wildman–Crippen MR) is 77.6 cm³/mol. The largest absolute Gasteiger partial charge is 0.308 e. The van der Waals surface area contributed by atoms with Crippen molar-refractivity contribution in [2.24, 2.45) is 0 Å². The van der Waals surface area contributed by atoms with Crippen molar-refractivity contribution in [2.75, 3.05) is 11.4 Å².